The van der Waals surface area contributed by atoms with Gasteiger partial charge < -0.3 is 24.1 Å². The first-order valence-corrected chi connectivity index (χ1v) is 10.6. The number of benzene rings is 2. The molecule has 7 nitrogen and oxygen atoms in total. The number of aliphatic hydroxyl groups excluding tert-OH is 1. The molecule has 2 aromatic heterocycles. The molecule has 4 aromatic rings. The van der Waals surface area contributed by atoms with Gasteiger partial charge in [0.1, 0.15) is 23.3 Å². The molecule has 5 rings (SSSR count). The van der Waals surface area contributed by atoms with Crippen LogP contribution < -0.4 is 4.74 Å². The number of nitrogens with zero attached hydrogens (tertiary/aromatic N) is 1. The number of nitrogens with one attached hydrogen (secondary N) is 1. The fourth-order valence-electron chi connectivity index (χ4n) is 4.34. The summed E-state index contributed by atoms with van der Waals surface area (Å²) >= 11 is 0. The topological polar surface area (TPSA) is 95.8 Å². The first kappa shape index (κ1) is 20.6. The molecule has 2 aromatic carbocycles. The maximum Gasteiger partial charge on any atom is 0.295 e. The summed E-state index contributed by atoms with van der Waals surface area (Å²) in [5, 5.41) is 12.1. The average Bonchev–Trinajstić information content (AvgIpc) is 3.57. The number of Topliss-reactive ketones (excluding diaryl/α,β-unsaturated/α-hetero) is 1. The normalized spacial score (nSPS) is 17.7. The molecule has 1 amide bonds. The van der Waals surface area contributed by atoms with E-state index in [0.29, 0.717) is 23.5 Å². The van der Waals surface area contributed by atoms with Crippen molar-refractivity contribution < 1.29 is 23.8 Å². The highest BCUT2D eigenvalue weighted by Gasteiger charge is 2.47. The van der Waals surface area contributed by atoms with E-state index in [1.54, 1.807) is 43.5 Å². The molecule has 2 N–H and O–H groups in total. The van der Waals surface area contributed by atoms with E-state index in [1.807, 2.05) is 30.5 Å². The van der Waals surface area contributed by atoms with Gasteiger partial charge in [-0.15, -0.1) is 0 Å². The fraction of sp³-hybridized carbons (Fsp3) is 0.154. The number of rotatable bonds is 6. The van der Waals surface area contributed by atoms with Gasteiger partial charge in [0.15, 0.2) is 0 Å². The molecule has 0 bridgehead atoms. The van der Waals surface area contributed by atoms with Crippen LogP contribution in [-0.4, -0.2) is 40.3 Å². The van der Waals surface area contributed by atoms with Crippen LogP contribution in [0.1, 0.15) is 22.9 Å². The van der Waals surface area contributed by atoms with Gasteiger partial charge >= 0.3 is 0 Å². The number of ether oxygens (including phenoxy) is 1. The van der Waals surface area contributed by atoms with Crippen molar-refractivity contribution in [3.05, 3.63) is 95.6 Å². The molecule has 3 heterocycles. The highest BCUT2D eigenvalue weighted by molar-refractivity contribution is 6.46. The third-order valence-electron chi connectivity index (χ3n) is 6.01. The van der Waals surface area contributed by atoms with Crippen LogP contribution in [0.4, 0.5) is 0 Å². The second-order valence-electron chi connectivity index (χ2n) is 7.85. The van der Waals surface area contributed by atoms with Crippen LogP contribution in [0.3, 0.4) is 0 Å². The van der Waals surface area contributed by atoms with Gasteiger partial charge in [-0.1, -0.05) is 18.2 Å². The number of aliphatic hydroxyl groups is 1. The van der Waals surface area contributed by atoms with Gasteiger partial charge in [-0.2, -0.15) is 0 Å². The third kappa shape index (κ3) is 3.57. The Hall–Kier alpha value is -4.26. The molecule has 0 saturated carbocycles. The molecule has 1 fully saturated rings. The number of hydrogen-bond donors (Lipinski definition) is 2. The van der Waals surface area contributed by atoms with Crippen molar-refractivity contribution in [3.63, 3.8) is 0 Å². The molecule has 1 atom stereocenters. The summed E-state index contributed by atoms with van der Waals surface area (Å²) in [6, 6.07) is 17.2. The van der Waals surface area contributed by atoms with Crippen LogP contribution in [-0.2, 0) is 16.0 Å². The van der Waals surface area contributed by atoms with Crippen molar-refractivity contribution in [2.45, 2.75) is 12.5 Å². The van der Waals surface area contributed by atoms with E-state index in [2.05, 4.69) is 4.98 Å². The summed E-state index contributed by atoms with van der Waals surface area (Å²) in [7, 11) is 1.55. The summed E-state index contributed by atoms with van der Waals surface area (Å²) in [6.07, 6.45) is 3.94. The lowest BCUT2D eigenvalue weighted by Gasteiger charge is -2.23. The van der Waals surface area contributed by atoms with Gasteiger partial charge in [0.2, 0.25) is 0 Å². The first-order chi connectivity index (χ1) is 16.1. The van der Waals surface area contributed by atoms with Crippen molar-refractivity contribution in [3.8, 4) is 5.75 Å². The summed E-state index contributed by atoms with van der Waals surface area (Å²) in [6.45, 7) is 0.289. The van der Waals surface area contributed by atoms with Gasteiger partial charge in [-0.25, -0.2) is 0 Å². The largest absolute Gasteiger partial charge is 0.507 e. The predicted octanol–water partition coefficient (Wildman–Crippen LogP) is 4.43. The van der Waals surface area contributed by atoms with E-state index < -0.39 is 17.7 Å². The lowest BCUT2D eigenvalue weighted by atomic mass is 9.99. The second kappa shape index (κ2) is 8.35. The lowest BCUT2D eigenvalue weighted by molar-refractivity contribution is -0.140. The average molecular weight is 442 g/mol. The Balaban J connectivity index is 1.52. The van der Waals surface area contributed by atoms with E-state index in [0.717, 1.165) is 16.5 Å². The van der Waals surface area contributed by atoms with Crippen LogP contribution in [0, 0.1) is 0 Å². The molecule has 1 aliphatic heterocycles. The fourth-order valence-corrected chi connectivity index (χ4v) is 4.34. The van der Waals surface area contributed by atoms with Crippen molar-refractivity contribution in [2.75, 3.05) is 13.7 Å². The Labute approximate surface area is 189 Å². The number of carbonyl (C=O) groups is 2. The van der Waals surface area contributed by atoms with Crippen LogP contribution in [0.15, 0.2) is 83.1 Å². The summed E-state index contributed by atoms with van der Waals surface area (Å²) in [4.78, 5) is 30.8. The van der Waals surface area contributed by atoms with E-state index in [4.69, 9.17) is 9.15 Å². The van der Waals surface area contributed by atoms with Crippen LogP contribution >= 0.6 is 0 Å². The number of likely N-dealkylation sites (tertiary alicyclic amines) is 1. The van der Waals surface area contributed by atoms with E-state index in [-0.39, 0.29) is 17.9 Å². The van der Waals surface area contributed by atoms with E-state index in [9.17, 15) is 14.7 Å². The lowest BCUT2D eigenvalue weighted by Crippen LogP contribution is -2.31. The van der Waals surface area contributed by atoms with Gasteiger partial charge in [0.05, 0.1) is 18.9 Å². The Bertz CT molecular complexity index is 1350. The monoisotopic (exact) mass is 442 g/mol. The van der Waals surface area contributed by atoms with Crippen molar-refractivity contribution in [2.24, 2.45) is 0 Å². The summed E-state index contributed by atoms with van der Waals surface area (Å²) < 4.78 is 10.7. The standard InChI is InChI=1S/C26H22N2O5/c1-32-18-10-8-16(9-11-18)24(29)22-23(21-7-4-14-33-21)28(26(31)25(22)30)13-12-17-15-27-20-6-3-2-5-19(17)20/h2-11,14-15,23,27,29H,12-13H2,1H3/b24-22-. The highest BCUT2D eigenvalue weighted by Crippen LogP contribution is 2.40. The smallest absolute Gasteiger partial charge is 0.295 e. The zero-order chi connectivity index (χ0) is 22.9. The molecule has 33 heavy (non-hydrogen) atoms. The zero-order valence-corrected chi connectivity index (χ0v) is 17.9. The molecule has 7 heteroatoms. The molecule has 0 radical (unpaired) electrons. The minimum Gasteiger partial charge on any atom is -0.507 e. The number of furan rings is 1. The third-order valence-corrected chi connectivity index (χ3v) is 6.01. The minimum atomic E-state index is -0.813. The Morgan fingerprint density at radius 1 is 1.09 bits per heavy atom. The second-order valence-corrected chi connectivity index (χ2v) is 7.85. The number of carbonyl (C=O) groups excluding carboxylic acids is 2. The zero-order valence-electron chi connectivity index (χ0n) is 17.9. The van der Waals surface area contributed by atoms with Gasteiger partial charge in [0.25, 0.3) is 11.7 Å². The van der Waals surface area contributed by atoms with Gasteiger partial charge in [0, 0.05) is 29.2 Å². The molecule has 1 unspecified atom stereocenters. The van der Waals surface area contributed by atoms with E-state index >= 15 is 0 Å². The molecule has 1 aliphatic rings. The Morgan fingerprint density at radius 3 is 2.61 bits per heavy atom. The first-order valence-electron chi connectivity index (χ1n) is 10.6. The van der Waals surface area contributed by atoms with Gasteiger partial charge in [-0.3, -0.25) is 9.59 Å². The quantitative estimate of drug-likeness (QED) is 0.262. The highest BCUT2D eigenvalue weighted by atomic mass is 16.5. The minimum absolute atomic E-state index is 0.0130. The van der Waals surface area contributed by atoms with Crippen LogP contribution in [0.25, 0.3) is 16.7 Å². The summed E-state index contributed by atoms with van der Waals surface area (Å²) in [5.41, 5.74) is 2.48. The number of para-hydroxylation sites is 1. The molecule has 0 spiro atoms. The number of aromatic nitrogens is 1. The number of H-pyrrole nitrogens is 1. The van der Waals surface area contributed by atoms with Crippen LogP contribution in [0.5, 0.6) is 5.75 Å². The van der Waals surface area contributed by atoms with Crippen LogP contribution in [0.2, 0.25) is 0 Å². The van der Waals surface area contributed by atoms with Crippen molar-refractivity contribution in [1.82, 2.24) is 9.88 Å². The molecular weight excluding hydrogens is 420 g/mol. The van der Waals surface area contributed by atoms with Gasteiger partial charge in [-0.05, 0) is 54.4 Å². The SMILES string of the molecule is COc1ccc(/C(O)=C2/C(=O)C(=O)N(CCc3c[nH]c4ccccc34)C2c2ccco2)cc1. The number of ketones is 1. The molecule has 166 valence electrons. The Morgan fingerprint density at radius 2 is 1.88 bits per heavy atom. The molecular formula is C26H22N2O5. The summed E-state index contributed by atoms with van der Waals surface area (Å²) in [5.74, 6) is -0.599. The maximum absolute atomic E-state index is 13.1. The maximum atomic E-state index is 13.1. The molecule has 1 saturated heterocycles. The number of aromatic amines is 1. The Kier molecular flexibility index (Phi) is 5.22. The predicted molar refractivity (Wildman–Crippen MR) is 123 cm³/mol. The number of amides is 1. The van der Waals surface area contributed by atoms with E-state index in [1.165, 1.54) is 11.2 Å². The number of methoxy groups -OCH3 is 1. The van der Waals surface area contributed by atoms with Crippen molar-refractivity contribution in [1.29, 1.82) is 0 Å². The van der Waals surface area contributed by atoms with Crippen molar-refractivity contribution >= 4 is 28.4 Å². The molecule has 0 aliphatic carbocycles. The number of fused-ring (bicyclic) bond motifs is 1. The number of hydrogen-bond acceptors (Lipinski definition) is 5.